The van der Waals surface area contributed by atoms with Crippen molar-refractivity contribution in [1.82, 2.24) is 4.90 Å². The lowest BCUT2D eigenvalue weighted by atomic mass is 10.1. The standard InChI is InChI=1S/C23H20ClFN2O2S2/c1-15(12-16-6-3-2-4-7-16)13-20-22(29)27(23(30)31-20)11-5-8-21(28)26-17-9-10-19(25)18(24)14-17/h2-4,6-7,9-10,12-14H,5,8,11H2,1H3,(H,26,28)/b15-12+,20-13+. The maximum absolute atomic E-state index is 13.2. The molecule has 0 aromatic heterocycles. The minimum atomic E-state index is -0.545. The van der Waals surface area contributed by atoms with E-state index in [0.717, 1.165) is 11.1 Å². The highest BCUT2D eigenvalue weighted by molar-refractivity contribution is 8.26. The number of amides is 2. The van der Waals surface area contributed by atoms with E-state index >= 15 is 0 Å². The number of anilines is 1. The molecule has 1 N–H and O–H groups in total. The van der Waals surface area contributed by atoms with Gasteiger partial charge in [0.25, 0.3) is 5.91 Å². The number of rotatable bonds is 7. The van der Waals surface area contributed by atoms with Crippen LogP contribution in [0.3, 0.4) is 0 Å². The van der Waals surface area contributed by atoms with E-state index in [1.54, 1.807) is 0 Å². The number of benzene rings is 2. The second kappa shape index (κ2) is 10.7. The van der Waals surface area contributed by atoms with Gasteiger partial charge in [-0.1, -0.05) is 72.0 Å². The molecular formula is C23H20ClFN2O2S2. The molecule has 1 heterocycles. The number of hydrogen-bond acceptors (Lipinski definition) is 4. The van der Waals surface area contributed by atoms with Crippen LogP contribution in [0.2, 0.25) is 5.02 Å². The summed E-state index contributed by atoms with van der Waals surface area (Å²) in [6, 6.07) is 13.8. The molecule has 2 amide bonds. The molecule has 0 aliphatic carbocycles. The lowest BCUT2D eigenvalue weighted by Crippen LogP contribution is -2.29. The highest BCUT2D eigenvalue weighted by Crippen LogP contribution is 2.32. The summed E-state index contributed by atoms with van der Waals surface area (Å²) in [5.74, 6) is -0.942. The predicted octanol–water partition coefficient (Wildman–Crippen LogP) is 6.05. The van der Waals surface area contributed by atoms with E-state index in [4.69, 9.17) is 23.8 Å². The number of nitrogens with zero attached hydrogens (tertiary/aromatic N) is 1. The summed E-state index contributed by atoms with van der Waals surface area (Å²) in [4.78, 5) is 26.9. The van der Waals surface area contributed by atoms with Crippen molar-refractivity contribution in [3.63, 3.8) is 0 Å². The van der Waals surface area contributed by atoms with Crippen LogP contribution in [0.5, 0.6) is 0 Å². The van der Waals surface area contributed by atoms with Crippen LogP contribution in [0.25, 0.3) is 6.08 Å². The molecule has 3 rings (SSSR count). The minimum absolute atomic E-state index is 0.0567. The zero-order valence-corrected chi connectivity index (χ0v) is 19.1. The van der Waals surface area contributed by atoms with Crippen molar-refractivity contribution in [2.45, 2.75) is 19.8 Å². The van der Waals surface area contributed by atoms with E-state index in [0.29, 0.717) is 27.9 Å². The van der Waals surface area contributed by atoms with E-state index in [2.05, 4.69) is 5.32 Å². The Kier molecular flexibility index (Phi) is 8.01. The highest BCUT2D eigenvalue weighted by atomic mass is 35.5. The van der Waals surface area contributed by atoms with Crippen LogP contribution < -0.4 is 5.32 Å². The maximum atomic E-state index is 13.2. The molecular weight excluding hydrogens is 455 g/mol. The summed E-state index contributed by atoms with van der Waals surface area (Å²) >= 11 is 12.3. The Hall–Kier alpha value is -2.48. The molecule has 31 heavy (non-hydrogen) atoms. The quantitative estimate of drug-likeness (QED) is 0.392. The fraction of sp³-hybridized carbons (Fsp3) is 0.174. The fourth-order valence-electron chi connectivity index (χ4n) is 2.95. The summed E-state index contributed by atoms with van der Waals surface area (Å²) in [7, 11) is 0. The molecule has 0 atom stereocenters. The normalized spacial score (nSPS) is 15.6. The van der Waals surface area contributed by atoms with Crippen molar-refractivity contribution >= 4 is 63.5 Å². The Labute approximate surface area is 195 Å². The molecule has 0 unspecified atom stereocenters. The van der Waals surface area contributed by atoms with E-state index in [1.165, 1.54) is 34.9 Å². The van der Waals surface area contributed by atoms with Crippen LogP contribution in [-0.4, -0.2) is 27.6 Å². The maximum Gasteiger partial charge on any atom is 0.266 e. The molecule has 2 aromatic carbocycles. The summed E-state index contributed by atoms with van der Waals surface area (Å²) in [6.07, 6.45) is 4.47. The summed E-state index contributed by atoms with van der Waals surface area (Å²) in [6.45, 7) is 2.28. The second-order valence-corrected chi connectivity index (χ2v) is 9.00. The Bertz CT molecular complexity index is 1070. The Morgan fingerprint density at radius 1 is 1.26 bits per heavy atom. The third-order valence-corrected chi connectivity index (χ3v) is 6.08. The third-order valence-electron chi connectivity index (χ3n) is 4.42. The third kappa shape index (κ3) is 6.50. The van der Waals surface area contributed by atoms with Crippen LogP contribution in [0.4, 0.5) is 10.1 Å². The van der Waals surface area contributed by atoms with Crippen molar-refractivity contribution in [3.8, 4) is 0 Å². The summed E-state index contributed by atoms with van der Waals surface area (Å²) in [5, 5.41) is 2.61. The monoisotopic (exact) mass is 474 g/mol. The first-order valence-electron chi connectivity index (χ1n) is 9.57. The number of thiocarbonyl (C=S) groups is 1. The minimum Gasteiger partial charge on any atom is -0.326 e. The van der Waals surface area contributed by atoms with Crippen LogP contribution in [0.15, 0.2) is 65.1 Å². The fourth-order valence-corrected chi connectivity index (χ4v) is 4.49. The van der Waals surface area contributed by atoms with Gasteiger partial charge in [0.1, 0.15) is 10.1 Å². The first-order chi connectivity index (χ1) is 14.8. The van der Waals surface area contributed by atoms with Crippen LogP contribution in [-0.2, 0) is 9.59 Å². The lowest BCUT2D eigenvalue weighted by Gasteiger charge is -2.14. The van der Waals surface area contributed by atoms with Gasteiger partial charge in [-0.05, 0) is 48.8 Å². The molecule has 2 aromatic rings. The number of halogens is 2. The van der Waals surface area contributed by atoms with Gasteiger partial charge in [0.15, 0.2) is 0 Å². The molecule has 0 bridgehead atoms. The molecule has 0 spiro atoms. The highest BCUT2D eigenvalue weighted by Gasteiger charge is 2.31. The molecule has 1 saturated heterocycles. The smallest absolute Gasteiger partial charge is 0.266 e. The first kappa shape index (κ1) is 23.2. The molecule has 1 fully saturated rings. The van der Waals surface area contributed by atoms with Crippen LogP contribution >= 0.6 is 35.6 Å². The van der Waals surface area contributed by atoms with Crippen molar-refractivity contribution in [2.75, 3.05) is 11.9 Å². The average molecular weight is 475 g/mol. The van der Waals surface area contributed by atoms with Crippen molar-refractivity contribution in [1.29, 1.82) is 0 Å². The van der Waals surface area contributed by atoms with Crippen LogP contribution in [0.1, 0.15) is 25.3 Å². The summed E-state index contributed by atoms with van der Waals surface area (Å²) in [5.41, 5.74) is 2.43. The number of nitrogens with one attached hydrogen (secondary N) is 1. The second-order valence-electron chi connectivity index (χ2n) is 6.91. The van der Waals surface area contributed by atoms with Gasteiger partial charge in [-0.3, -0.25) is 14.5 Å². The largest absolute Gasteiger partial charge is 0.326 e. The SMILES string of the molecule is CC(=C\c1ccccc1)/C=C1/SC(=S)N(CCCC(=O)Nc2ccc(F)c(Cl)c2)C1=O. The van der Waals surface area contributed by atoms with Crippen molar-refractivity contribution < 1.29 is 14.0 Å². The lowest BCUT2D eigenvalue weighted by molar-refractivity contribution is -0.122. The van der Waals surface area contributed by atoms with Crippen molar-refractivity contribution in [2.24, 2.45) is 0 Å². The van der Waals surface area contributed by atoms with Gasteiger partial charge in [0.2, 0.25) is 5.91 Å². The molecule has 1 aliphatic heterocycles. The van der Waals surface area contributed by atoms with Gasteiger partial charge < -0.3 is 5.32 Å². The number of carbonyl (C=O) groups is 2. The molecule has 8 heteroatoms. The first-order valence-corrected chi connectivity index (χ1v) is 11.2. The topological polar surface area (TPSA) is 49.4 Å². The number of hydrogen-bond donors (Lipinski definition) is 1. The van der Waals surface area contributed by atoms with Gasteiger partial charge in [-0.15, -0.1) is 0 Å². The Morgan fingerprint density at radius 2 is 2.00 bits per heavy atom. The zero-order valence-electron chi connectivity index (χ0n) is 16.7. The summed E-state index contributed by atoms with van der Waals surface area (Å²) < 4.78 is 13.7. The van der Waals surface area contributed by atoms with Gasteiger partial charge >= 0.3 is 0 Å². The predicted molar refractivity (Wildman–Crippen MR) is 129 cm³/mol. The van der Waals surface area contributed by atoms with E-state index < -0.39 is 5.82 Å². The van der Waals surface area contributed by atoms with Crippen LogP contribution in [0, 0.1) is 5.82 Å². The van der Waals surface area contributed by atoms with Crippen molar-refractivity contribution in [3.05, 3.63) is 81.5 Å². The van der Waals surface area contributed by atoms with E-state index in [-0.39, 0.29) is 23.3 Å². The van der Waals surface area contributed by atoms with Gasteiger partial charge in [0.05, 0.1) is 9.93 Å². The average Bonchev–Trinajstić information content (AvgIpc) is 2.98. The number of allylic oxidation sites excluding steroid dienone is 2. The van der Waals surface area contributed by atoms with Gasteiger partial charge in [-0.2, -0.15) is 0 Å². The van der Waals surface area contributed by atoms with E-state index in [1.807, 2.05) is 49.4 Å². The molecule has 160 valence electrons. The molecule has 1 aliphatic rings. The Morgan fingerprint density at radius 3 is 2.71 bits per heavy atom. The number of thioether (sulfide) groups is 1. The molecule has 4 nitrogen and oxygen atoms in total. The molecule has 0 radical (unpaired) electrons. The Balaban J connectivity index is 1.53. The van der Waals surface area contributed by atoms with Gasteiger partial charge in [0, 0.05) is 18.7 Å². The zero-order chi connectivity index (χ0) is 22.4. The number of carbonyl (C=O) groups excluding carboxylic acids is 2. The van der Waals surface area contributed by atoms with E-state index in [9.17, 15) is 14.0 Å². The van der Waals surface area contributed by atoms with Gasteiger partial charge in [-0.25, -0.2) is 4.39 Å². The molecule has 0 saturated carbocycles.